The largest absolute Gasteiger partial charge is 0.481 e. The number of halogens is 2. The van der Waals surface area contributed by atoms with Gasteiger partial charge in [0.2, 0.25) is 5.92 Å². The van der Waals surface area contributed by atoms with Crippen LogP contribution in [0.3, 0.4) is 0 Å². The number of aliphatic carboxylic acids is 1. The molecule has 1 rings (SSSR count). The fourth-order valence-corrected chi connectivity index (χ4v) is 2.72. The summed E-state index contributed by atoms with van der Waals surface area (Å²) in [6.07, 6.45) is -1.03. The minimum Gasteiger partial charge on any atom is -0.481 e. The molecule has 0 aromatic carbocycles. The minimum absolute atomic E-state index is 0.159. The van der Waals surface area contributed by atoms with Crippen LogP contribution < -0.4 is 0 Å². The Morgan fingerprint density at radius 2 is 1.81 bits per heavy atom. The summed E-state index contributed by atoms with van der Waals surface area (Å²) in [5.74, 6) is -4.28. The highest BCUT2D eigenvalue weighted by Gasteiger charge is 2.62. The molecule has 1 saturated carbocycles. The standard InChI is InChI=1S/C11H18F2O3/c1-3-10(16,4-2)9(8(14)15)5-6-11(12,13)7-9/h16H,3-7H2,1-2H3,(H,14,15). The molecule has 0 heterocycles. The molecule has 2 N–H and O–H groups in total. The summed E-state index contributed by atoms with van der Waals surface area (Å²) in [7, 11) is 0. The van der Waals surface area contributed by atoms with Gasteiger partial charge in [0.05, 0.1) is 5.60 Å². The van der Waals surface area contributed by atoms with Gasteiger partial charge in [0.15, 0.2) is 0 Å². The van der Waals surface area contributed by atoms with Crippen molar-refractivity contribution < 1.29 is 23.8 Å². The molecule has 5 heteroatoms. The molecule has 0 spiro atoms. The van der Waals surface area contributed by atoms with Crippen molar-refractivity contribution in [1.29, 1.82) is 0 Å². The number of carbonyl (C=O) groups is 1. The van der Waals surface area contributed by atoms with E-state index in [2.05, 4.69) is 0 Å². The van der Waals surface area contributed by atoms with Crippen molar-refractivity contribution in [2.45, 2.75) is 57.5 Å². The Morgan fingerprint density at radius 3 is 2.06 bits per heavy atom. The van der Waals surface area contributed by atoms with Crippen LogP contribution in [0.25, 0.3) is 0 Å². The van der Waals surface area contributed by atoms with Gasteiger partial charge in [0, 0.05) is 12.8 Å². The summed E-state index contributed by atoms with van der Waals surface area (Å²) in [4.78, 5) is 11.3. The summed E-state index contributed by atoms with van der Waals surface area (Å²) < 4.78 is 26.5. The van der Waals surface area contributed by atoms with Crippen LogP contribution in [-0.2, 0) is 4.79 Å². The van der Waals surface area contributed by atoms with Crippen LogP contribution in [0.4, 0.5) is 8.78 Å². The van der Waals surface area contributed by atoms with Crippen molar-refractivity contribution in [2.24, 2.45) is 5.41 Å². The van der Waals surface area contributed by atoms with E-state index >= 15 is 0 Å². The molecule has 16 heavy (non-hydrogen) atoms. The van der Waals surface area contributed by atoms with Gasteiger partial charge in [-0.1, -0.05) is 13.8 Å². The molecule has 0 amide bonds. The molecule has 0 saturated heterocycles. The predicted molar refractivity (Wildman–Crippen MR) is 54.4 cm³/mol. The Hall–Kier alpha value is -0.710. The lowest BCUT2D eigenvalue weighted by atomic mass is 9.67. The molecule has 94 valence electrons. The first-order valence-corrected chi connectivity index (χ1v) is 5.56. The maximum absolute atomic E-state index is 13.2. The van der Waals surface area contributed by atoms with Gasteiger partial charge in [-0.05, 0) is 19.3 Å². The van der Waals surface area contributed by atoms with E-state index in [1.807, 2.05) is 0 Å². The molecule has 0 radical (unpaired) electrons. The van der Waals surface area contributed by atoms with Crippen LogP contribution >= 0.6 is 0 Å². The van der Waals surface area contributed by atoms with Crippen LogP contribution in [0.1, 0.15) is 46.0 Å². The van der Waals surface area contributed by atoms with Gasteiger partial charge in [-0.25, -0.2) is 8.78 Å². The Kier molecular flexibility index (Phi) is 3.29. The number of aliphatic hydroxyl groups is 1. The number of rotatable bonds is 4. The molecule has 1 atom stereocenters. The lowest BCUT2D eigenvalue weighted by molar-refractivity contribution is -0.174. The highest BCUT2D eigenvalue weighted by molar-refractivity contribution is 5.77. The first-order valence-electron chi connectivity index (χ1n) is 5.56. The van der Waals surface area contributed by atoms with E-state index in [0.29, 0.717) is 0 Å². The summed E-state index contributed by atoms with van der Waals surface area (Å²) in [6.45, 7) is 3.26. The number of carboxylic acid groups (broad SMARTS) is 1. The van der Waals surface area contributed by atoms with Crippen LogP contribution in [-0.4, -0.2) is 27.7 Å². The highest BCUT2D eigenvalue weighted by Crippen LogP contribution is 2.55. The van der Waals surface area contributed by atoms with Gasteiger partial charge < -0.3 is 10.2 Å². The van der Waals surface area contributed by atoms with Gasteiger partial charge in [0.25, 0.3) is 0 Å². The zero-order valence-electron chi connectivity index (χ0n) is 9.59. The molecule has 3 nitrogen and oxygen atoms in total. The zero-order chi connectivity index (χ0) is 12.6. The second-order valence-electron chi connectivity index (χ2n) is 4.66. The smallest absolute Gasteiger partial charge is 0.312 e. The SMILES string of the molecule is CCC(O)(CC)C1(C(=O)O)CCC(F)(F)C1. The first-order chi connectivity index (χ1) is 7.23. The zero-order valence-corrected chi connectivity index (χ0v) is 9.59. The van der Waals surface area contributed by atoms with Crippen LogP contribution in [0.5, 0.6) is 0 Å². The van der Waals surface area contributed by atoms with Crippen molar-refractivity contribution in [3.63, 3.8) is 0 Å². The fraction of sp³-hybridized carbons (Fsp3) is 0.909. The third-order valence-corrected chi connectivity index (χ3v) is 3.95. The molecule has 0 aliphatic heterocycles. The Bertz CT molecular complexity index is 287. The Labute approximate surface area is 93.5 Å². The molecule has 0 aromatic heterocycles. The monoisotopic (exact) mass is 236 g/mol. The Morgan fingerprint density at radius 1 is 1.31 bits per heavy atom. The average Bonchev–Trinajstić information content (AvgIpc) is 2.55. The van der Waals surface area contributed by atoms with E-state index < -0.39 is 35.7 Å². The van der Waals surface area contributed by atoms with Gasteiger partial charge in [-0.15, -0.1) is 0 Å². The molecule has 1 aliphatic rings. The highest BCUT2D eigenvalue weighted by atomic mass is 19.3. The molecule has 1 fully saturated rings. The normalized spacial score (nSPS) is 29.3. The van der Waals surface area contributed by atoms with E-state index in [-0.39, 0.29) is 19.3 Å². The third-order valence-electron chi connectivity index (χ3n) is 3.95. The first kappa shape index (κ1) is 13.4. The second-order valence-corrected chi connectivity index (χ2v) is 4.66. The van der Waals surface area contributed by atoms with E-state index in [1.54, 1.807) is 13.8 Å². The molecule has 0 bridgehead atoms. The van der Waals surface area contributed by atoms with Crippen LogP contribution in [0, 0.1) is 5.41 Å². The minimum atomic E-state index is -2.98. The van der Waals surface area contributed by atoms with Gasteiger partial charge in [-0.3, -0.25) is 4.79 Å². The van der Waals surface area contributed by atoms with Gasteiger partial charge in [0.1, 0.15) is 5.41 Å². The average molecular weight is 236 g/mol. The van der Waals surface area contributed by atoms with Crippen LogP contribution in [0.2, 0.25) is 0 Å². The molecule has 1 aliphatic carbocycles. The maximum Gasteiger partial charge on any atom is 0.312 e. The topological polar surface area (TPSA) is 57.5 Å². The third kappa shape index (κ3) is 1.81. The molecule has 0 aromatic rings. The lowest BCUT2D eigenvalue weighted by Gasteiger charge is -2.41. The number of hydrogen-bond donors (Lipinski definition) is 2. The predicted octanol–water partition coefficient (Wildman–Crippen LogP) is 2.43. The van der Waals surface area contributed by atoms with Crippen molar-refractivity contribution in [3.05, 3.63) is 0 Å². The summed E-state index contributed by atoms with van der Waals surface area (Å²) in [6, 6.07) is 0. The van der Waals surface area contributed by atoms with E-state index in [0.717, 1.165) is 0 Å². The number of hydrogen-bond acceptors (Lipinski definition) is 2. The maximum atomic E-state index is 13.2. The number of carboxylic acids is 1. The van der Waals surface area contributed by atoms with Crippen molar-refractivity contribution in [2.75, 3.05) is 0 Å². The van der Waals surface area contributed by atoms with Crippen molar-refractivity contribution in [3.8, 4) is 0 Å². The second kappa shape index (κ2) is 3.95. The molecule has 1 unspecified atom stereocenters. The van der Waals surface area contributed by atoms with Crippen LogP contribution in [0.15, 0.2) is 0 Å². The van der Waals surface area contributed by atoms with E-state index in [1.165, 1.54) is 0 Å². The van der Waals surface area contributed by atoms with E-state index in [4.69, 9.17) is 0 Å². The van der Waals surface area contributed by atoms with E-state index in [9.17, 15) is 23.8 Å². The summed E-state index contributed by atoms with van der Waals surface area (Å²) >= 11 is 0. The molecular formula is C11H18F2O3. The number of alkyl halides is 2. The quantitative estimate of drug-likeness (QED) is 0.788. The summed E-state index contributed by atoms with van der Waals surface area (Å²) in [5.41, 5.74) is -3.24. The van der Waals surface area contributed by atoms with Crippen molar-refractivity contribution in [1.82, 2.24) is 0 Å². The van der Waals surface area contributed by atoms with Gasteiger partial charge in [-0.2, -0.15) is 0 Å². The summed E-state index contributed by atoms with van der Waals surface area (Å²) in [5, 5.41) is 19.5. The van der Waals surface area contributed by atoms with Crippen molar-refractivity contribution >= 4 is 5.97 Å². The molecular weight excluding hydrogens is 218 g/mol. The van der Waals surface area contributed by atoms with Gasteiger partial charge >= 0.3 is 5.97 Å². The Balaban J connectivity index is 3.14. The lowest BCUT2D eigenvalue weighted by Crippen LogP contribution is -2.51. The fourth-order valence-electron chi connectivity index (χ4n) is 2.72.